The highest BCUT2D eigenvalue weighted by atomic mass is 16.6. The molecule has 1 amide bonds. The van der Waals surface area contributed by atoms with Crippen LogP contribution in [-0.4, -0.2) is 31.5 Å². The molecule has 1 aromatic rings. The quantitative estimate of drug-likeness (QED) is 0.870. The predicted molar refractivity (Wildman–Crippen MR) is 89.3 cm³/mol. The van der Waals surface area contributed by atoms with Crippen LogP contribution in [-0.2, 0) is 11.2 Å². The van der Waals surface area contributed by atoms with E-state index in [1.807, 2.05) is 26.8 Å². The molecular weight excluding hydrogens is 296 g/mol. The third kappa shape index (κ3) is 4.76. The first kappa shape index (κ1) is 17.4. The van der Waals surface area contributed by atoms with Gasteiger partial charge in [-0.1, -0.05) is 0 Å². The number of hydrogen-bond acceptors (Lipinski definition) is 5. The first-order chi connectivity index (χ1) is 10.7. The van der Waals surface area contributed by atoms with Crippen molar-refractivity contribution in [2.45, 2.75) is 51.2 Å². The van der Waals surface area contributed by atoms with E-state index in [1.54, 1.807) is 20.3 Å². The normalized spacial score (nSPS) is 15.7. The summed E-state index contributed by atoms with van der Waals surface area (Å²) >= 11 is 0. The van der Waals surface area contributed by atoms with E-state index in [-0.39, 0.29) is 5.54 Å². The van der Waals surface area contributed by atoms with Crippen LogP contribution in [0.4, 0.5) is 10.5 Å². The van der Waals surface area contributed by atoms with Gasteiger partial charge in [0.1, 0.15) is 5.60 Å². The highest BCUT2D eigenvalue weighted by Gasteiger charge is 2.39. The minimum Gasteiger partial charge on any atom is -0.493 e. The Morgan fingerprint density at radius 1 is 1.22 bits per heavy atom. The van der Waals surface area contributed by atoms with Crippen molar-refractivity contribution < 1.29 is 19.0 Å². The van der Waals surface area contributed by atoms with Crippen LogP contribution in [0.15, 0.2) is 12.1 Å². The summed E-state index contributed by atoms with van der Waals surface area (Å²) in [5, 5.41) is 2.79. The Kier molecular flexibility index (Phi) is 4.75. The average Bonchev–Trinajstić information content (AvgIpc) is 3.15. The molecule has 1 saturated carbocycles. The fraction of sp³-hybridized carbons (Fsp3) is 0.588. The van der Waals surface area contributed by atoms with E-state index in [0.717, 1.165) is 18.4 Å². The van der Waals surface area contributed by atoms with Crippen molar-refractivity contribution in [1.82, 2.24) is 0 Å². The maximum absolute atomic E-state index is 12.1. The largest absolute Gasteiger partial charge is 0.493 e. The molecule has 0 atom stereocenters. The smallest absolute Gasteiger partial charge is 0.412 e. The third-order valence-corrected chi connectivity index (χ3v) is 3.68. The molecule has 23 heavy (non-hydrogen) atoms. The Hall–Kier alpha value is -1.95. The van der Waals surface area contributed by atoms with Crippen LogP contribution < -0.4 is 20.5 Å². The van der Waals surface area contributed by atoms with E-state index in [0.29, 0.717) is 23.6 Å². The number of carbonyl (C=O) groups excluding carboxylic acids is 1. The number of anilines is 1. The number of nitrogens with two attached hydrogens (primary N) is 1. The topological polar surface area (TPSA) is 82.8 Å². The Balaban J connectivity index is 2.28. The Morgan fingerprint density at radius 2 is 1.78 bits per heavy atom. The number of carbonyl (C=O) groups is 1. The molecule has 1 aromatic carbocycles. The summed E-state index contributed by atoms with van der Waals surface area (Å²) in [7, 11) is 3.14. The van der Waals surface area contributed by atoms with Crippen molar-refractivity contribution in [1.29, 1.82) is 0 Å². The summed E-state index contributed by atoms with van der Waals surface area (Å²) in [5.41, 5.74) is 7.02. The van der Waals surface area contributed by atoms with Gasteiger partial charge in [0.25, 0.3) is 0 Å². The van der Waals surface area contributed by atoms with E-state index in [2.05, 4.69) is 5.32 Å². The lowest BCUT2D eigenvalue weighted by Crippen LogP contribution is -2.29. The monoisotopic (exact) mass is 322 g/mol. The molecule has 0 saturated heterocycles. The van der Waals surface area contributed by atoms with Crippen molar-refractivity contribution in [2.24, 2.45) is 5.73 Å². The minimum absolute atomic E-state index is 0.191. The summed E-state index contributed by atoms with van der Waals surface area (Å²) in [5.74, 6) is 1.16. The SMILES string of the molecule is COc1cc(CC2(N)CC2)c(NC(=O)OC(C)(C)C)cc1OC. The molecule has 1 aliphatic carbocycles. The summed E-state index contributed by atoms with van der Waals surface area (Å²) in [6.45, 7) is 5.46. The van der Waals surface area contributed by atoms with Crippen LogP contribution in [0.25, 0.3) is 0 Å². The minimum atomic E-state index is -0.563. The van der Waals surface area contributed by atoms with E-state index >= 15 is 0 Å². The van der Waals surface area contributed by atoms with Crippen molar-refractivity contribution >= 4 is 11.8 Å². The second kappa shape index (κ2) is 6.28. The number of benzene rings is 1. The van der Waals surface area contributed by atoms with Gasteiger partial charge in [0.2, 0.25) is 0 Å². The molecule has 0 radical (unpaired) electrons. The van der Waals surface area contributed by atoms with E-state index in [1.165, 1.54) is 0 Å². The second-order valence-electron chi connectivity index (χ2n) is 7.03. The van der Waals surface area contributed by atoms with Crippen LogP contribution in [0.1, 0.15) is 39.2 Å². The summed E-state index contributed by atoms with van der Waals surface area (Å²) in [6, 6.07) is 3.60. The lowest BCUT2D eigenvalue weighted by atomic mass is 10.0. The van der Waals surface area contributed by atoms with Gasteiger partial charge in [-0.3, -0.25) is 5.32 Å². The molecule has 6 heteroatoms. The summed E-state index contributed by atoms with van der Waals surface area (Å²) in [4.78, 5) is 12.1. The zero-order chi connectivity index (χ0) is 17.3. The Bertz CT molecular complexity index is 589. The van der Waals surface area contributed by atoms with Gasteiger partial charge < -0.3 is 19.9 Å². The molecule has 1 aliphatic rings. The fourth-order valence-corrected chi connectivity index (χ4v) is 2.31. The number of ether oxygens (including phenoxy) is 3. The number of amides is 1. The first-order valence-corrected chi connectivity index (χ1v) is 7.69. The molecule has 0 aliphatic heterocycles. The number of nitrogens with one attached hydrogen (secondary N) is 1. The Morgan fingerprint density at radius 3 is 2.26 bits per heavy atom. The van der Waals surface area contributed by atoms with E-state index in [9.17, 15) is 4.79 Å². The predicted octanol–water partition coefficient (Wildman–Crippen LogP) is 3.08. The number of hydrogen-bond donors (Lipinski definition) is 2. The van der Waals surface area contributed by atoms with Crippen LogP contribution in [0.3, 0.4) is 0 Å². The molecule has 0 bridgehead atoms. The molecular formula is C17H26N2O4. The Labute approximate surface area is 137 Å². The lowest BCUT2D eigenvalue weighted by Gasteiger charge is -2.22. The molecule has 3 N–H and O–H groups in total. The van der Waals surface area contributed by atoms with Gasteiger partial charge in [0.05, 0.1) is 19.9 Å². The first-order valence-electron chi connectivity index (χ1n) is 7.69. The highest BCUT2D eigenvalue weighted by molar-refractivity contribution is 5.87. The van der Waals surface area contributed by atoms with Crippen LogP contribution in [0.5, 0.6) is 11.5 Å². The summed E-state index contributed by atoms with van der Waals surface area (Å²) < 4.78 is 16.0. The van der Waals surface area contributed by atoms with Gasteiger partial charge >= 0.3 is 6.09 Å². The molecule has 0 aromatic heterocycles. The molecule has 1 fully saturated rings. The molecule has 6 nitrogen and oxygen atoms in total. The van der Waals surface area contributed by atoms with Crippen molar-refractivity contribution in [3.05, 3.63) is 17.7 Å². The zero-order valence-electron chi connectivity index (χ0n) is 14.5. The van der Waals surface area contributed by atoms with Gasteiger partial charge in [-0.2, -0.15) is 0 Å². The zero-order valence-corrected chi connectivity index (χ0v) is 14.5. The van der Waals surface area contributed by atoms with E-state index in [4.69, 9.17) is 19.9 Å². The third-order valence-electron chi connectivity index (χ3n) is 3.68. The summed E-state index contributed by atoms with van der Waals surface area (Å²) in [6.07, 6.45) is 2.12. The maximum Gasteiger partial charge on any atom is 0.412 e. The van der Waals surface area contributed by atoms with Gasteiger partial charge in [-0.25, -0.2) is 4.79 Å². The van der Waals surface area contributed by atoms with Gasteiger partial charge in [0, 0.05) is 11.6 Å². The molecule has 2 rings (SSSR count). The number of methoxy groups -OCH3 is 2. The lowest BCUT2D eigenvalue weighted by molar-refractivity contribution is 0.0635. The van der Waals surface area contributed by atoms with Crippen LogP contribution >= 0.6 is 0 Å². The van der Waals surface area contributed by atoms with Gasteiger partial charge in [-0.05, 0) is 51.7 Å². The van der Waals surface area contributed by atoms with Gasteiger partial charge in [0.15, 0.2) is 11.5 Å². The van der Waals surface area contributed by atoms with Gasteiger partial charge in [-0.15, -0.1) is 0 Å². The molecule has 128 valence electrons. The van der Waals surface area contributed by atoms with Crippen LogP contribution in [0.2, 0.25) is 0 Å². The van der Waals surface area contributed by atoms with E-state index < -0.39 is 11.7 Å². The fourth-order valence-electron chi connectivity index (χ4n) is 2.31. The highest BCUT2D eigenvalue weighted by Crippen LogP contribution is 2.40. The van der Waals surface area contributed by atoms with Crippen molar-refractivity contribution in [3.8, 4) is 11.5 Å². The average molecular weight is 322 g/mol. The number of rotatable bonds is 5. The molecule has 0 spiro atoms. The van der Waals surface area contributed by atoms with Crippen LogP contribution in [0, 0.1) is 0 Å². The molecule has 0 unspecified atom stereocenters. The van der Waals surface area contributed by atoms with Crippen molar-refractivity contribution in [3.63, 3.8) is 0 Å². The standard InChI is InChI=1S/C17H26N2O4/c1-16(2,3)23-15(20)19-12-9-14(22-5)13(21-4)8-11(12)10-17(18)6-7-17/h8-9H,6-7,10,18H2,1-5H3,(H,19,20). The molecule has 0 heterocycles. The second-order valence-corrected chi connectivity index (χ2v) is 7.03. The van der Waals surface area contributed by atoms with Crippen molar-refractivity contribution in [2.75, 3.05) is 19.5 Å². The maximum atomic E-state index is 12.1.